The van der Waals surface area contributed by atoms with E-state index in [1.165, 1.54) is 19.2 Å². The molecule has 0 spiro atoms. The molecule has 4 nitrogen and oxygen atoms in total. The molecular formula is C14H10BrF3O4S. The number of methoxy groups -OCH3 is 1. The maximum Gasteiger partial charge on any atom is 0.416 e. The summed E-state index contributed by atoms with van der Waals surface area (Å²) in [7, 11) is -3.09. The van der Waals surface area contributed by atoms with Gasteiger partial charge in [-0.1, -0.05) is 22.0 Å². The molecular weight excluding hydrogens is 401 g/mol. The Morgan fingerprint density at radius 3 is 2.39 bits per heavy atom. The smallest absolute Gasteiger partial charge is 0.416 e. The normalized spacial score (nSPS) is 12.0. The van der Waals surface area contributed by atoms with Crippen LogP contribution in [0.2, 0.25) is 0 Å². The predicted molar refractivity (Wildman–Crippen MR) is 80.0 cm³/mol. The molecule has 0 aliphatic heterocycles. The highest BCUT2D eigenvalue weighted by atomic mass is 79.9. The van der Waals surface area contributed by atoms with Crippen molar-refractivity contribution in [1.82, 2.24) is 0 Å². The first kappa shape index (κ1) is 17.6. The number of hydrogen-bond donors (Lipinski definition) is 0. The van der Waals surface area contributed by atoms with Gasteiger partial charge >= 0.3 is 16.3 Å². The number of halogens is 4. The van der Waals surface area contributed by atoms with Crippen LogP contribution in [-0.2, 0) is 16.3 Å². The third kappa shape index (κ3) is 4.17. The van der Waals surface area contributed by atoms with Gasteiger partial charge in [0.2, 0.25) is 0 Å². The molecule has 23 heavy (non-hydrogen) atoms. The summed E-state index contributed by atoms with van der Waals surface area (Å²) in [5.74, 6) is -0.429. The zero-order valence-corrected chi connectivity index (χ0v) is 14.0. The van der Waals surface area contributed by atoms with Crippen molar-refractivity contribution in [2.75, 3.05) is 7.11 Å². The third-order valence-corrected chi connectivity index (χ3v) is 4.53. The molecule has 2 aromatic carbocycles. The van der Waals surface area contributed by atoms with E-state index in [-0.39, 0.29) is 10.6 Å². The average molecular weight is 411 g/mol. The van der Waals surface area contributed by atoms with Crippen molar-refractivity contribution in [1.29, 1.82) is 0 Å². The molecule has 0 aliphatic rings. The van der Waals surface area contributed by atoms with Crippen molar-refractivity contribution in [3.63, 3.8) is 0 Å². The summed E-state index contributed by atoms with van der Waals surface area (Å²) in [6, 6.07) is 7.81. The molecule has 9 heteroatoms. The Hall–Kier alpha value is -1.74. The van der Waals surface area contributed by atoms with Crippen LogP contribution in [-0.4, -0.2) is 15.5 Å². The van der Waals surface area contributed by atoms with E-state index >= 15 is 0 Å². The molecule has 0 N–H and O–H groups in total. The molecule has 2 aromatic rings. The Labute approximate surface area is 139 Å². The highest BCUT2D eigenvalue weighted by Crippen LogP contribution is 2.33. The molecule has 124 valence electrons. The Morgan fingerprint density at radius 1 is 1.09 bits per heavy atom. The minimum atomic E-state index is -4.60. The Kier molecular flexibility index (Phi) is 4.90. The lowest BCUT2D eigenvalue weighted by Gasteiger charge is -2.12. The van der Waals surface area contributed by atoms with Crippen molar-refractivity contribution in [3.8, 4) is 11.5 Å². The Balaban J connectivity index is 2.42. The van der Waals surface area contributed by atoms with Gasteiger partial charge in [-0.2, -0.15) is 21.6 Å². The highest BCUT2D eigenvalue weighted by Gasteiger charge is 2.31. The minimum absolute atomic E-state index is 0.0141. The molecule has 0 fully saturated rings. The first-order valence-corrected chi connectivity index (χ1v) is 8.29. The minimum Gasteiger partial charge on any atom is -0.495 e. The first-order valence-electron chi connectivity index (χ1n) is 6.09. The summed E-state index contributed by atoms with van der Waals surface area (Å²) in [6.07, 6.45) is -4.60. The van der Waals surface area contributed by atoms with Crippen LogP contribution in [0.4, 0.5) is 13.2 Å². The molecule has 0 heterocycles. The van der Waals surface area contributed by atoms with Crippen LogP contribution >= 0.6 is 15.9 Å². The molecule has 2 rings (SSSR count). The summed E-state index contributed by atoms with van der Waals surface area (Å²) < 4.78 is 72.8. The van der Waals surface area contributed by atoms with Gasteiger partial charge in [0.25, 0.3) is 0 Å². The van der Waals surface area contributed by atoms with Gasteiger partial charge in [0, 0.05) is 4.47 Å². The van der Waals surface area contributed by atoms with Crippen LogP contribution in [0, 0.1) is 0 Å². The third-order valence-electron chi connectivity index (χ3n) is 2.76. The topological polar surface area (TPSA) is 52.6 Å². The summed E-state index contributed by atoms with van der Waals surface area (Å²) in [4.78, 5) is -0.299. The van der Waals surface area contributed by atoms with E-state index < -0.39 is 27.6 Å². The molecule has 0 amide bonds. The van der Waals surface area contributed by atoms with Crippen LogP contribution in [0.25, 0.3) is 0 Å². The van der Waals surface area contributed by atoms with Gasteiger partial charge in [0.05, 0.1) is 12.7 Å². The van der Waals surface area contributed by atoms with Gasteiger partial charge in [0.15, 0.2) is 0 Å². The standard InChI is InChI=1S/C14H10BrF3O4S/c1-21-12-6-5-10(15)8-13(12)23(19,20)22-11-4-2-3-9(7-11)14(16,17)18/h2-8H,1H3. The molecule has 0 aliphatic carbocycles. The monoisotopic (exact) mass is 410 g/mol. The summed E-state index contributed by atoms with van der Waals surface area (Å²) >= 11 is 3.12. The second-order valence-corrected chi connectivity index (χ2v) is 6.79. The molecule has 0 atom stereocenters. The van der Waals surface area contributed by atoms with E-state index in [1.807, 2.05) is 0 Å². The maximum absolute atomic E-state index is 12.7. The fraction of sp³-hybridized carbons (Fsp3) is 0.143. The van der Waals surface area contributed by atoms with Gasteiger partial charge in [-0.25, -0.2) is 0 Å². The van der Waals surface area contributed by atoms with Crippen LogP contribution in [0.15, 0.2) is 51.8 Å². The van der Waals surface area contributed by atoms with E-state index in [1.54, 1.807) is 6.07 Å². The largest absolute Gasteiger partial charge is 0.495 e. The number of ether oxygens (including phenoxy) is 1. The van der Waals surface area contributed by atoms with Crippen molar-refractivity contribution in [2.45, 2.75) is 11.1 Å². The molecule has 0 saturated heterocycles. The number of benzene rings is 2. The summed E-state index contributed by atoms with van der Waals surface area (Å²) in [5.41, 5.74) is -1.01. The zero-order chi connectivity index (χ0) is 17.3. The summed E-state index contributed by atoms with van der Waals surface area (Å²) in [6.45, 7) is 0. The maximum atomic E-state index is 12.7. The van der Waals surface area contributed by atoms with Crippen LogP contribution in [0.3, 0.4) is 0 Å². The van der Waals surface area contributed by atoms with E-state index in [0.29, 0.717) is 10.5 Å². The van der Waals surface area contributed by atoms with Gasteiger partial charge in [-0.15, -0.1) is 0 Å². The second kappa shape index (κ2) is 6.40. The quantitative estimate of drug-likeness (QED) is 0.707. The fourth-order valence-corrected chi connectivity index (χ4v) is 3.37. The molecule has 0 aromatic heterocycles. The molecule has 0 bridgehead atoms. The number of alkyl halides is 3. The average Bonchev–Trinajstić information content (AvgIpc) is 2.46. The lowest BCUT2D eigenvalue weighted by atomic mass is 10.2. The van der Waals surface area contributed by atoms with Crippen LogP contribution in [0.1, 0.15) is 5.56 Å². The van der Waals surface area contributed by atoms with Crippen molar-refractivity contribution >= 4 is 26.0 Å². The van der Waals surface area contributed by atoms with Gasteiger partial charge in [0.1, 0.15) is 16.4 Å². The Bertz CT molecular complexity index is 819. The predicted octanol–water partition coefficient (Wildman–Crippen LogP) is 4.24. The lowest BCUT2D eigenvalue weighted by Crippen LogP contribution is -2.12. The Morgan fingerprint density at radius 2 is 1.78 bits per heavy atom. The van der Waals surface area contributed by atoms with Gasteiger partial charge in [-0.05, 0) is 36.4 Å². The van der Waals surface area contributed by atoms with Crippen LogP contribution in [0.5, 0.6) is 11.5 Å². The van der Waals surface area contributed by atoms with E-state index in [9.17, 15) is 21.6 Å². The number of rotatable bonds is 4. The summed E-state index contributed by atoms with van der Waals surface area (Å²) in [5, 5.41) is 0. The van der Waals surface area contributed by atoms with Crippen molar-refractivity contribution in [2.24, 2.45) is 0 Å². The van der Waals surface area contributed by atoms with E-state index in [4.69, 9.17) is 8.92 Å². The van der Waals surface area contributed by atoms with Crippen LogP contribution < -0.4 is 8.92 Å². The number of hydrogen-bond acceptors (Lipinski definition) is 4. The SMILES string of the molecule is COc1ccc(Br)cc1S(=O)(=O)Oc1cccc(C(F)(F)F)c1. The lowest BCUT2D eigenvalue weighted by molar-refractivity contribution is -0.137. The van der Waals surface area contributed by atoms with Gasteiger partial charge < -0.3 is 8.92 Å². The molecule has 0 radical (unpaired) electrons. The van der Waals surface area contributed by atoms with Gasteiger partial charge in [-0.3, -0.25) is 0 Å². The zero-order valence-electron chi connectivity index (χ0n) is 11.6. The molecule has 0 saturated carbocycles. The van der Waals surface area contributed by atoms with E-state index in [2.05, 4.69) is 15.9 Å². The fourth-order valence-electron chi connectivity index (χ4n) is 1.74. The van der Waals surface area contributed by atoms with Crippen molar-refractivity contribution in [3.05, 3.63) is 52.5 Å². The molecule has 0 unspecified atom stereocenters. The highest BCUT2D eigenvalue weighted by molar-refractivity contribution is 9.10. The van der Waals surface area contributed by atoms with E-state index in [0.717, 1.165) is 18.2 Å². The second-order valence-electron chi connectivity index (χ2n) is 4.36. The first-order chi connectivity index (χ1) is 10.6. The van der Waals surface area contributed by atoms with Crippen molar-refractivity contribution < 1.29 is 30.5 Å².